The zero-order chi connectivity index (χ0) is 17.5. The average Bonchev–Trinajstić information content (AvgIpc) is 3.28. The van der Waals surface area contributed by atoms with E-state index in [1.165, 1.54) is 0 Å². The molecule has 0 aliphatic rings. The molecule has 8 nitrogen and oxygen atoms in total. The Morgan fingerprint density at radius 3 is 2.88 bits per heavy atom. The van der Waals surface area contributed by atoms with Gasteiger partial charge in [-0.25, -0.2) is 14.6 Å². The van der Waals surface area contributed by atoms with E-state index in [9.17, 15) is 0 Å². The third-order valence-corrected chi connectivity index (χ3v) is 4.22. The Kier molecular flexibility index (Phi) is 3.21. The first-order chi connectivity index (χ1) is 12.8. The molecule has 0 atom stereocenters. The van der Waals surface area contributed by atoms with Gasteiger partial charge in [0.2, 0.25) is 0 Å². The molecule has 1 aromatic carbocycles. The van der Waals surface area contributed by atoms with Gasteiger partial charge in [-0.3, -0.25) is 9.67 Å². The van der Waals surface area contributed by atoms with Crippen LogP contribution in [0, 0.1) is 0 Å². The van der Waals surface area contributed by atoms with Crippen molar-refractivity contribution in [1.29, 1.82) is 0 Å². The maximum atomic E-state index is 4.64. The maximum absolute atomic E-state index is 4.64. The van der Waals surface area contributed by atoms with Crippen molar-refractivity contribution in [3.63, 3.8) is 0 Å². The van der Waals surface area contributed by atoms with E-state index in [0.717, 1.165) is 22.0 Å². The number of aromatic nitrogens is 8. The molecule has 0 aliphatic carbocycles. The second-order valence-corrected chi connectivity index (χ2v) is 6.08. The molecule has 4 heterocycles. The molecule has 0 saturated heterocycles. The van der Waals surface area contributed by atoms with E-state index in [1.54, 1.807) is 28.0 Å². The fourth-order valence-corrected chi connectivity index (χ4v) is 2.95. The first-order valence-electron chi connectivity index (χ1n) is 8.15. The minimum atomic E-state index is 0.574. The van der Waals surface area contributed by atoms with Crippen LogP contribution >= 0.6 is 0 Å². The summed E-state index contributed by atoms with van der Waals surface area (Å²) in [4.78, 5) is 13.4. The fraction of sp³-hybridized carbons (Fsp3) is 0.111. The molecule has 0 aliphatic heterocycles. The SMILES string of the molecule is Cn1cc(-c2ncc3nnn(Cc4ccc5ncccc5c4)c3n2)cn1. The van der Waals surface area contributed by atoms with Gasteiger partial charge in [-0.2, -0.15) is 5.10 Å². The van der Waals surface area contributed by atoms with Crippen molar-refractivity contribution in [3.05, 3.63) is 60.7 Å². The molecular formula is C18H14N8. The number of hydrogen-bond acceptors (Lipinski definition) is 6. The van der Waals surface area contributed by atoms with Crippen LogP contribution < -0.4 is 0 Å². The van der Waals surface area contributed by atoms with Crippen molar-refractivity contribution < 1.29 is 0 Å². The standard InChI is InChI=1S/C18H14N8/c1-25-11-14(8-21-25)17-20-9-16-18(22-17)26(24-23-16)10-12-4-5-15-13(7-12)3-2-6-19-15/h2-9,11H,10H2,1H3. The minimum Gasteiger partial charge on any atom is -0.275 e. The molecule has 0 amide bonds. The number of rotatable bonds is 3. The Labute approximate surface area is 148 Å². The van der Waals surface area contributed by atoms with Crippen LogP contribution in [0.5, 0.6) is 0 Å². The summed E-state index contributed by atoms with van der Waals surface area (Å²) in [5.41, 5.74) is 4.31. The van der Waals surface area contributed by atoms with Gasteiger partial charge in [0.15, 0.2) is 17.0 Å². The first-order valence-corrected chi connectivity index (χ1v) is 8.15. The molecule has 0 saturated carbocycles. The fourth-order valence-electron chi connectivity index (χ4n) is 2.95. The number of pyridine rings is 1. The molecule has 8 heteroatoms. The molecule has 0 N–H and O–H groups in total. The van der Waals surface area contributed by atoms with Gasteiger partial charge < -0.3 is 0 Å². The molecule has 4 aromatic heterocycles. The van der Waals surface area contributed by atoms with Gasteiger partial charge in [0, 0.05) is 24.8 Å². The quantitative estimate of drug-likeness (QED) is 0.500. The largest absolute Gasteiger partial charge is 0.275 e. The number of hydrogen-bond donors (Lipinski definition) is 0. The molecule has 5 aromatic rings. The molecule has 26 heavy (non-hydrogen) atoms. The van der Waals surface area contributed by atoms with Gasteiger partial charge >= 0.3 is 0 Å². The van der Waals surface area contributed by atoms with E-state index >= 15 is 0 Å². The zero-order valence-corrected chi connectivity index (χ0v) is 14.0. The van der Waals surface area contributed by atoms with Crippen molar-refractivity contribution in [2.24, 2.45) is 7.05 Å². The Morgan fingerprint density at radius 1 is 1.04 bits per heavy atom. The van der Waals surface area contributed by atoms with Gasteiger partial charge in [-0.05, 0) is 23.8 Å². The van der Waals surface area contributed by atoms with Crippen molar-refractivity contribution in [2.45, 2.75) is 6.54 Å². The molecular weight excluding hydrogens is 328 g/mol. The summed E-state index contributed by atoms with van der Waals surface area (Å²) < 4.78 is 3.51. The minimum absolute atomic E-state index is 0.574. The highest BCUT2D eigenvalue weighted by Crippen LogP contribution is 2.18. The summed E-state index contributed by atoms with van der Waals surface area (Å²) in [6.07, 6.45) is 7.11. The van der Waals surface area contributed by atoms with Gasteiger partial charge in [0.1, 0.15) is 0 Å². The number of benzene rings is 1. The highest BCUT2D eigenvalue weighted by molar-refractivity contribution is 5.79. The Bertz CT molecular complexity index is 1240. The van der Waals surface area contributed by atoms with Crippen molar-refractivity contribution in [3.8, 4) is 11.4 Å². The second-order valence-electron chi connectivity index (χ2n) is 6.08. The van der Waals surface area contributed by atoms with Gasteiger partial charge in [0.25, 0.3) is 0 Å². The van der Waals surface area contributed by atoms with Gasteiger partial charge in [0.05, 0.1) is 30.0 Å². The zero-order valence-electron chi connectivity index (χ0n) is 14.0. The van der Waals surface area contributed by atoms with Crippen LogP contribution in [0.2, 0.25) is 0 Å². The highest BCUT2D eigenvalue weighted by Gasteiger charge is 2.11. The number of nitrogens with zero attached hydrogens (tertiary/aromatic N) is 8. The van der Waals surface area contributed by atoms with E-state index in [4.69, 9.17) is 0 Å². The summed E-state index contributed by atoms with van der Waals surface area (Å²) in [7, 11) is 1.86. The average molecular weight is 342 g/mol. The van der Waals surface area contributed by atoms with Crippen LogP contribution in [0.15, 0.2) is 55.1 Å². The smallest absolute Gasteiger partial charge is 0.182 e. The predicted molar refractivity (Wildman–Crippen MR) is 96.2 cm³/mol. The molecule has 126 valence electrons. The maximum Gasteiger partial charge on any atom is 0.182 e. The van der Waals surface area contributed by atoms with E-state index in [-0.39, 0.29) is 0 Å². The monoisotopic (exact) mass is 342 g/mol. The topological polar surface area (TPSA) is 87.2 Å². The second kappa shape index (κ2) is 5.69. The first kappa shape index (κ1) is 14.6. The highest BCUT2D eigenvalue weighted by atomic mass is 15.4. The van der Waals surface area contributed by atoms with E-state index in [2.05, 4.69) is 36.4 Å². The van der Waals surface area contributed by atoms with Gasteiger partial charge in [-0.1, -0.05) is 17.3 Å². The van der Waals surface area contributed by atoms with Crippen LogP contribution in [-0.2, 0) is 13.6 Å². The summed E-state index contributed by atoms with van der Waals surface area (Å²) in [5, 5.41) is 13.7. The van der Waals surface area contributed by atoms with E-state index < -0.39 is 0 Å². The third kappa shape index (κ3) is 2.48. The third-order valence-electron chi connectivity index (χ3n) is 4.22. The Morgan fingerprint density at radius 2 is 2.00 bits per heavy atom. The van der Waals surface area contributed by atoms with E-state index in [0.29, 0.717) is 23.5 Å². The lowest BCUT2D eigenvalue weighted by Gasteiger charge is -2.04. The molecule has 0 spiro atoms. The summed E-state index contributed by atoms with van der Waals surface area (Å²) in [5.74, 6) is 0.608. The van der Waals surface area contributed by atoms with Crippen LogP contribution in [0.1, 0.15) is 5.56 Å². The lowest BCUT2D eigenvalue weighted by Crippen LogP contribution is -2.03. The normalized spacial score (nSPS) is 11.4. The number of aryl methyl sites for hydroxylation is 1. The van der Waals surface area contributed by atoms with Gasteiger partial charge in [-0.15, -0.1) is 5.10 Å². The van der Waals surface area contributed by atoms with Crippen LogP contribution in [0.3, 0.4) is 0 Å². The van der Waals surface area contributed by atoms with Crippen LogP contribution in [-0.4, -0.2) is 39.7 Å². The van der Waals surface area contributed by atoms with Crippen molar-refractivity contribution in [2.75, 3.05) is 0 Å². The Hall–Kier alpha value is -3.68. The van der Waals surface area contributed by atoms with Crippen LogP contribution in [0.4, 0.5) is 0 Å². The lowest BCUT2D eigenvalue weighted by molar-refractivity contribution is 0.664. The summed E-state index contributed by atoms with van der Waals surface area (Å²) in [6.45, 7) is 0.574. The summed E-state index contributed by atoms with van der Waals surface area (Å²) >= 11 is 0. The van der Waals surface area contributed by atoms with Crippen LogP contribution in [0.25, 0.3) is 33.5 Å². The van der Waals surface area contributed by atoms with Crippen molar-refractivity contribution >= 4 is 22.1 Å². The van der Waals surface area contributed by atoms with E-state index in [1.807, 2.05) is 37.5 Å². The molecule has 0 radical (unpaired) electrons. The lowest BCUT2D eigenvalue weighted by atomic mass is 10.1. The number of fused-ring (bicyclic) bond motifs is 2. The molecule has 5 rings (SSSR count). The van der Waals surface area contributed by atoms with Crippen molar-refractivity contribution in [1.82, 2.24) is 39.7 Å². The molecule has 0 fully saturated rings. The Balaban J connectivity index is 1.55. The molecule has 0 unspecified atom stereocenters. The predicted octanol–water partition coefficient (Wildman–Crippen LogP) is 2.22. The molecule has 0 bridgehead atoms. The summed E-state index contributed by atoms with van der Waals surface area (Å²) in [6, 6.07) is 10.2.